The average molecular weight is 343 g/mol. The Labute approximate surface area is 148 Å². The lowest BCUT2D eigenvalue weighted by Crippen LogP contribution is -2.38. The van der Waals surface area contributed by atoms with E-state index >= 15 is 0 Å². The van der Waals surface area contributed by atoms with Crippen molar-refractivity contribution in [2.45, 2.75) is 39.3 Å². The van der Waals surface area contributed by atoms with E-state index in [0.29, 0.717) is 19.0 Å². The fraction of sp³-hybridized carbons (Fsp3) is 0.500. The van der Waals surface area contributed by atoms with E-state index in [2.05, 4.69) is 25.2 Å². The van der Waals surface area contributed by atoms with Gasteiger partial charge in [0.2, 0.25) is 5.95 Å². The molecule has 1 unspecified atom stereocenters. The van der Waals surface area contributed by atoms with Crippen LogP contribution in [0.4, 0.5) is 11.8 Å². The molecule has 25 heavy (non-hydrogen) atoms. The second kappa shape index (κ2) is 7.65. The molecular formula is C18H25N5O2. The summed E-state index contributed by atoms with van der Waals surface area (Å²) >= 11 is 0. The molecule has 134 valence electrons. The van der Waals surface area contributed by atoms with E-state index in [4.69, 9.17) is 4.74 Å². The molecule has 3 heterocycles. The molecule has 2 aromatic rings. The quantitative estimate of drug-likeness (QED) is 0.860. The molecule has 0 saturated carbocycles. The van der Waals surface area contributed by atoms with Crippen LogP contribution in [0.2, 0.25) is 0 Å². The highest BCUT2D eigenvalue weighted by molar-refractivity contribution is 5.45. The van der Waals surface area contributed by atoms with Crippen molar-refractivity contribution in [2.75, 3.05) is 30.4 Å². The van der Waals surface area contributed by atoms with E-state index in [1.807, 2.05) is 26.1 Å². The van der Waals surface area contributed by atoms with Crippen LogP contribution in [0.1, 0.15) is 29.7 Å². The van der Waals surface area contributed by atoms with Gasteiger partial charge in [-0.15, -0.1) is 0 Å². The monoisotopic (exact) mass is 343 g/mol. The first-order valence-corrected chi connectivity index (χ1v) is 8.57. The molecule has 0 aromatic carbocycles. The summed E-state index contributed by atoms with van der Waals surface area (Å²) < 4.78 is 5.45. The van der Waals surface area contributed by atoms with Gasteiger partial charge in [-0.05, 0) is 32.8 Å². The topological polar surface area (TPSA) is 83.4 Å². The van der Waals surface area contributed by atoms with E-state index < -0.39 is 0 Å². The summed E-state index contributed by atoms with van der Waals surface area (Å²) in [5.41, 5.74) is 2.95. The van der Waals surface area contributed by atoms with Crippen LogP contribution >= 0.6 is 0 Å². The Hall–Kier alpha value is -2.41. The van der Waals surface area contributed by atoms with E-state index in [1.165, 1.54) is 0 Å². The zero-order valence-corrected chi connectivity index (χ0v) is 15.0. The van der Waals surface area contributed by atoms with Crippen molar-refractivity contribution >= 4 is 11.8 Å². The third-order valence-corrected chi connectivity index (χ3v) is 4.53. The number of aliphatic hydroxyl groups excluding tert-OH is 1. The number of hydrogen-bond donors (Lipinski definition) is 2. The highest BCUT2D eigenvalue weighted by atomic mass is 16.5. The Bertz CT molecular complexity index is 737. The fourth-order valence-electron chi connectivity index (χ4n) is 3.19. The van der Waals surface area contributed by atoms with Crippen LogP contribution in [0.5, 0.6) is 5.75 Å². The summed E-state index contributed by atoms with van der Waals surface area (Å²) in [6.07, 6.45) is 5.09. The molecule has 1 atom stereocenters. The van der Waals surface area contributed by atoms with Gasteiger partial charge in [0.1, 0.15) is 11.6 Å². The number of hydrogen-bond acceptors (Lipinski definition) is 7. The van der Waals surface area contributed by atoms with Crippen molar-refractivity contribution in [3.63, 3.8) is 0 Å². The van der Waals surface area contributed by atoms with Crippen LogP contribution in [-0.4, -0.2) is 46.4 Å². The molecule has 7 heteroatoms. The maximum Gasteiger partial charge on any atom is 0.224 e. The van der Waals surface area contributed by atoms with Gasteiger partial charge >= 0.3 is 0 Å². The summed E-state index contributed by atoms with van der Waals surface area (Å²) in [6, 6.07) is 1.88. The summed E-state index contributed by atoms with van der Waals surface area (Å²) in [5, 5.41) is 13.1. The number of aromatic nitrogens is 3. The molecule has 2 aromatic heterocycles. The van der Waals surface area contributed by atoms with Crippen LogP contribution < -0.4 is 15.0 Å². The second-order valence-corrected chi connectivity index (χ2v) is 6.38. The predicted octanol–water partition coefficient (Wildman–Crippen LogP) is 2.07. The van der Waals surface area contributed by atoms with Gasteiger partial charge in [0.25, 0.3) is 0 Å². The molecular weight excluding hydrogens is 318 g/mol. The van der Waals surface area contributed by atoms with Crippen molar-refractivity contribution in [3.05, 3.63) is 35.3 Å². The van der Waals surface area contributed by atoms with Gasteiger partial charge in [-0.2, -0.15) is 4.98 Å². The van der Waals surface area contributed by atoms with E-state index in [9.17, 15) is 5.11 Å². The van der Waals surface area contributed by atoms with Gasteiger partial charge in [0.05, 0.1) is 25.5 Å². The first kappa shape index (κ1) is 17.4. The highest BCUT2D eigenvalue weighted by Gasteiger charge is 2.19. The zero-order chi connectivity index (χ0) is 17.8. The first-order valence-electron chi connectivity index (χ1n) is 8.57. The third kappa shape index (κ3) is 3.99. The molecule has 1 aliphatic rings. The van der Waals surface area contributed by atoms with Gasteiger partial charge in [-0.25, -0.2) is 4.98 Å². The Morgan fingerprint density at radius 1 is 1.36 bits per heavy atom. The molecule has 7 nitrogen and oxygen atoms in total. The fourth-order valence-corrected chi connectivity index (χ4v) is 3.19. The lowest BCUT2D eigenvalue weighted by Gasteiger charge is -2.31. The maximum absolute atomic E-state index is 9.84. The lowest BCUT2D eigenvalue weighted by atomic mass is 10.1. The number of pyridine rings is 1. The summed E-state index contributed by atoms with van der Waals surface area (Å²) in [4.78, 5) is 15.4. The highest BCUT2D eigenvalue weighted by Crippen LogP contribution is 2.24. The van der Waals surface area contributed by atoms with Gasteiger partial charge < -0.3 is 20.1 Å². The van der Waals surface area contributed by atoms with Crippen LogP contribution in [0, 0.1) is 13.8 Å². The Morgan fingerprint density at radius 2 is 2.20 bits per heavy atom. The van der Waals surface area contributed by atoms with Gasteiger partial charge in [-0.1, -0.05) is 0 Å². The number of nitrogens with one attached hydrogen (secondary N) is 1. The molecule has 0 aliphatic carbocycles. The summed E-state index contributed by atoms with van der Waals surface area (Å²) in [5.74, 6) is 2.25. The minimum atomic E-state index is -0.285. The number of piperidine rings is 1. The van der Waals surface area contributed by atoms with Gasteiger partial charge in [-0.3, -0.25) is 4.98 Å². The second-order valence-electron chi connectivity index (χ2n) is 6.38. The smallest absolute Gasteiger partial charge is 0.224 e. The number of methoxy groups -OCH3 is 1. The molecule has 1 saturated heterocycles. The number of aryl methyl sites for hydroxylation is 1. The SMILES string of the molecule is COc1c(C)cnc(CNc2nccc(N3CCCC(O)C3)n2)c1C. The van der Waals surface area contributed by atoms with Gasteiger partial charge in [0, 0.05) is 36.6 Å². The van der Waals surface area contributed by atoms with Crippen LogP contribution in [0.15, 0.2) is 18.5 Å². The molecule has 1 fully saturated rings. The number of rotatable bonds is 5. The van der Waals surface area contributed by atoms with Gasteiger partial charge in [0.15, 0.2) is 0 Å². The van der Waals surface area contributed by atoms with Crippen molar-refractivity contribution < 1.29 is 9.84 Å². The Kier molecular flexibility index (Phi) is 5.33. The maximum atomic E-state index is 9.84. The lowest BCUT2D eigenvalue weighted by molar-refractivity contribution is 0.154. The largest absolute Gasteiger partial charge is 0.496 e. The third-order valence-electron chi connectivity index (χ3n) is 4.53. The van der Waals surface area contributed by atoms with Crippen LogP contribution in [0.25, 0.3) is 0 Å². The summed E-state index contributed by atoms with van der Waals surface area (Å²) in [6.45, 7) is 6.03. The minimum absolute atomic E-state index is 0.285. The number of nitrogens with zero attached hydrogens (tertiary/aromatic N) is 4. The van der Waals surface area contributed by atoms with E-state index in [-0.39, 0.29) is 6.10 Å². The minimum Gasteiger partial charge on any atom is -0.496 e. The van der Waals surface area contributed by atoms with E-state index in [1.54, 1.807) is 13.3 Å². The Balaban J connectivity index is 1.71. The standard InChI is InChI=1S/C18H25N5O2/c1-12-9-20-15(13(2)17(12)25-3)10-21-18-19-7-6-16(22-18)23-8-4-5-14(24)11-23/h6-7,9,14,24H,4-5,8,10-11H2,1-3H3,(H,19,21,22). The van der Waals surface area contributed by atoms with Crippen molar-refractivity contribution in [1.82, 2.24) is 15.0 Å². The molecule has 3 rings (SSSR count). The molecule has 0 bridgehead atoms. The Morgan fingerprint density at radius 3 is 2.96 bits per heavy atom. The normalized spacial score (nSPS) is 17.4. The molecule has 0 spiro atoms. The van der Waals surface area contributed by atoms with Crippen molar-refractivity contribution in [1.29, 1.82) is 0 Å². The first-order chi connectivity index (χ1) is 12.1. The van der Waals surface area contributed by atoms with Crippen molar-refractivity contribution in [3.8, 4) is 5.75 Å². The zero-order valence-electron chi connectivity index (χ0n) is 15.0. The number of aliphatic hydroxyl groups is 1. The van der Waals surface area contributed by atoms with Crippen LogP contribution in [0.3, 0.4) is 0 Å². The molecule has 0 radical (unpaired) electrons. The number of anilines is 2. The predicted molar refractivity (Wildman–Crippen MR) is 97.1 cm³/mol. The average Bonchev–Trinajstić information content (AvgIpc) is 2.62. The molecule has 2 N–H and O–H groups in total. The molecule has 1 aliphatic heterocycles. The van der Waals surface area contributed by atoms with Crippen LogP contribution in [-0.2, 0) is 6.54 Å². The number of ether oxygens (including phenoxy) is 1. The van der Waals surface area contributed by atoms with E-state index in [0.717, 1.165) is 47.8 Å². The summed E-state index contributed by atoms with van der Waals surface area (Å²) in [7, 11) is 1.67. The number of β-amino-alcohol motifs (C(OH)–C–C–N with tert-alkyl or cyclic N) is 1. The molecule has 0 amide bonds. The van der Waals surface area contributed by atoms with Crippen molar-refractivity contribution in [2.24, 2.45) is 0 Å².